The average molecular weight is 326 g/mol. The van der Waals surface area contributed by atoms with Crippen LogP contribution in [-0.4, -0.2) is 51.6 Å². The van der Waals surface area contributed by atoms with E-state index in [1.807, 2.05) is 0 Å². The van der Waals surface area contributed by atoms with Gasteiger partial charge in [-0.15, -0.1) is 0 Å². The predicted molar refractivity (Wildman–Crippen MR) is 78.4 cm³/mol. The molecule has 2 aliphatic rings. The maximum Gasteiger partial charge on any atom is 0.241 e. The van der Waals surface area contributed by atoms with Crippen LogP contribution in [0.3, 0.4) is 0 Å². The summed E-state index contributed by atoms with van der Waals surface area (Å²) >= 11 is 0. The van der Waals surface area contributed by atoms with Gasteiger partial charge in [0.25, 0.3) is 0 Å². The summed E-state index contributed by atoms with van der Waals surface area (Å²) in [5.41, 5.74) is 0. The lowest BCUT2D eigenvalue weighted by Gasteiger charge is -2.19. The van der Waals surface area contributed by atoms with Crippen molar-refractivity contribution in [2.75, 3.05) is 26.3 Å². The normalized spacial score (nSPS) is 21.0. The van der Waals surface area contributed by atoms with Gasteiger partial charge in [-0.1, -0.05) is 0 Å². The van der Waals surface area contributed by atoms with Gasteiger partial charge in [-0.3, -0.25) is 4.79 Å². The number of hydrogen-bond donors (Lipinski definition) is 1. The van der Waals surface area contributed by atoms with Gasteiger partial charge in [-0.25, -0.2) is 13.1 Å². The van der Waals surface area contributed by atoms with Crippen molar-refractivity contribution in [3.63, 3.8) is 0 Å². The topological polar surface area (TPSA) is 84.9 Å². The van der Waals surface area contributed by atoms with Crippen molar-refractivity contribution < 1.29 is 22.7 Å². The van der Waals surface area contributed by atoms with Gasteiger partial charge in [0.15, 0.2) is 11.5 Å². The molecule has 0 bridgehead atoms. The number of carbonyl (C=O) groups excluding carboxylic acids is 1. The Kier molecular flexibility index (Phi) is 3.96. The molecule has 0 radical (unpaired) electrons. The summed E-state index contributed by atoms with van der Waals surface area (Å²) in [5, 5.41) is 0. The number of amides is 1. The van der Waals surface area contributed by atoms with Crippen molar-refractivity contribution in [1.29, 1.82) is 0 Å². The Morgan fingerprint density at radius 3 is 2.68 bits per heavy atom. The lowest BCUT2D eigenvalue weighted by Crippen LogP contribution is -2.38. The van der Waals surface area contributed by atoms with Crippen LogP contribution in [0.5, 0.6) is 11.5 Å². The molecular formula is C14H18N2O5S. The summed E-state index contributed by atoms with van der Waals surface area (Å²) in [7, 11) is -3.65. The Morgan fingerprint density at radius 2 is 2.00 bits per heavy atom. The van der Waals surface area contributed by atoms with Gasteiger partial charge < -0.3 is 14.4 Å². The van der Waals surface area contributed by atoms with Crippen LogP contribution in [0.15, 0.2) is 23.1 Å². The molecular weight excluding hydrogens is 308 g/mol. The zero-order valence-electron chi connectivity index (χ0n) is 12.2. The van der Waals surface area contributed by atoms with Crippen molar-refractivity contribution in [3.8, 4) is 11.5 Å². The molecule has 2 heterocycles. The fourth-order valence-corrected chi connectivity index (χ4v) is 3.90. The van der Waals surface area contributed by atoms with Gasteiger partial charge in [-0.2, -0.15) is 0 Å². The molecule has 1 aromatic carbocycles. The Bertz CT molecular complexity index is 688. The van der Waals surface area contributed by atoms with Crippen LogP contribution in [0, 0.1) is 0 Å². The first kappa shape index (κ1) is 15.1. The van der Waals surface area contributed by atoms with Crippen LogP contribution in [-0.2, 0) is 14.8 Å². The first-order chi connectivity index (χ1) is 10.5. The summed E-state index contributed by atoms with van der Waals surface area (Å²) in [6.45, 7) is 3.32. The number of ether oxygens (including phenoxy) is 2. The first-order valence-electron chi connectivity index (χ1n) is 7.13. The molecule has 1 N–H and O–H groups in total. The lowest BCUT2D eigenvalue weighted by molar-refractivity contribution is -0.127. The zero-order chi connectivity index (χ0) is 15.7. The number of benzene rings is 1. The summed E-state index contributed by atoms with van der Waals surface area (Å²) in [6, 6.07) is 4.30. The van der Waals surface area contributed by atoms with Crippen LogP contribution in [0.1, 0.15) is 13.3 Å². The van der Waals surface area contributed by atoms with E-state index in [1.165, 1.54) is 19.1 Å². The van der Waals surface area contributed by atoms with E-state index < -0.39 is 10.0 Å². The van der Waals surface area contributed by atoms with Gasteiger partial charge in [0.1, 0.15) is 13.2 Å². The van der Waals surface area contributed by atoms with E-state index in [0.29, 0.717) is 44.2 Å². The highest BCUT2D eigenvalue weighted by molar-refractivity contribution is 7.89. The largest absolute Gasteiger partial charge is 0.486 e. The molecule has 1 unspecified atom stereocenters. The van der Waals surface area contributed by atoms with Gasteiger partial charge in [0, 0.05) is 32.1 Å². The standard InChI is InChI=1S/C14H18N2O5S/c1-10(17)16-5-4-11(9-16)15-22(18,19)12-2-3-13-14(8-12)21-7-6-20-13/h2-3,8,11,15H,4-7,9H2,1H3. The molecule has 8 heteroatoms. The lowest BCUT2D eigenvalue weighted by atomic mass is 10.3. The molecule has 1 aromatic rings. The molecule has 1 atom stereocenters. The number of hydrogen-bond acceptors (Lipinski definition) is 5. The summed E-state index contributed by atoms with van der Waals surface area (Å²) in [5.74, 6) is 0.945. The maximum absolute atomic E-state index is 12.4. The molecule has 2 aliphatic heterocycles. The minimum Gasteiger partial charge on any atom is -0.486 e. The highest BCUT2D eigenvalue weighted by Crippen LogP contribution is 2.32. The second kappa shape index (κ2) is 5.77. The molecule has 120 valence electrons. The summed E-state index contributed by atoms with van der Waals surface area (Å²) in [6.07, 6.45) is 0.614. The van der Waals surface area contributed by atoms with Crippen molar-refractivity contribution in [2.45, 2.75) is 24.3 Å². The SMILES string of the molecule is CC(=O)N1CCC(NS(=O)(=O)c2ccc3c(c2)OCCO3)C1. The van der Waals surface area contributed by atoms with Gasteiger partial charge in [0.2, 0.25) is 15.9 Å². The van der Waals surface area contributed by atoms with Crippen LogP contribution < -0.4 is 14.2 Å². The molecule has 0 aromatic heterocycles. The first-order valence-corrected chi connectivity index (χ1v) is 8.61. The van der Waals surface area contributed by atoms with Gasteiger partial charge in [0.05, 0.1) is 4.90 Å². The molecule has 3 rings (SSSR count). The van der Waals surface area contributed by atoms with Crippen molar-refractivity contribution in [1.82, 2.24) is 9.62 Å². The minimum atomic E-state index is -3.65. The van der Waals surface area contributed by atoms with Crippen LogP contribution in [0.25, 0.3) is 0 Å². The van der Waals surface area contributed by atoms with Crippen molar-refractivity contribution in [3.05, 3.63) is 18.2 Å². The van der Waals surface area contributed by atoms with E-state index in [9.17, 15) is 13.2 Å². The number of fused-ring (bicyclic) bond motifs is 1. The fourth-order valence-electron chi connectivity index (χ4n) is 2.62. The number of nitrogens with one attached hydrogen (secondary N) is 1. The Hall–Kier alpha value is -1.80. The van der Waals surface area contributed by atoms with E-state index in [0.717, 1.165) is 0 Å². The van der Waals surface area contributed by atoms with Gasteiger partial charge in [-0.05, 0) is 18.6 Å². The zero-order valence-corrected chi connectivity index (χ0v) is 13.1. The number of rotatable bonds is 3. The van der Waals surface area contributed by atoms with Crippen LogP contribution in [0.2, 0.25) is 0 Å². The second-order valence-corrected chi connectivity index (χ2v) is 7.09. The Morgan fingerprint density at radius 1 is 1.27 bits per heavy atom. The number of nitrogens with zero attached hydrogens (tertiary/aromatic N) is 1. The molecule has 7 nitrogen and oxygen atoms in total. The fraction of sp³-hybridized carbons (Fsp3) is 0.500. The van der Waals surface area contributed by atoms with E-state index in [1.54, 1.807) is 11.0 Å². The predicted octanol–water partition coefficient (Wildman–Crippen LogP) is 0.357. The minimum absolute atomic E-state index is 0.0407. The second-order valence-electron chi connectivity index (χ2n) is 5.38. The third-order valence-corrected chi connectivity index (χ3v) is 5.30. The van der Waals surface area contributed by atoms with E-state index in [2.05, 4.69) is 4.72 Å². The molecule has 1 saturated heterocycles. The van der Waals surface area contributed by atoms with Crippen LogP contribution in [0.4, 0.5) is 0 Å². The van der Waals surface area contributed by atoms with Crippen molar-refractivity contribution in [2.24, 2.45) is 0 Å². The summed E-state index contributed by atoms with van der Waals surface area (Å²) in [4.78, 5) is 13.1. The third-order valence-electron chi connectivity index (χ3n) is 3.78. The maximum atomic E-state index is 12.4. The monoisotopic (exact) mass is 326 g/mol. The highest BCUT2D eigenvalue weighted by Gasteiger charge is 2.29. The molecule has 22 heavy (non-hydrogen) atoms. The highest BCUT2D eigenvalue weighted by atomic mass is 32.2. The third kappa shape index (κ3) is 3.02. The Balaban J connectivity index is 1.75. The molecule has 0 spiro atoms. The molecule has 0 saturated carbocycles. The molecule has 1 amide bonds. The smallest absolute Gasteiger partial charge is 0.241 e. The molecule has 1 fully saturated rings. The van der Waals surface area contributed by atoms with E-state index in [-0.39, 0.29) is 16.8 Å². The summed E-state index contributed by atoms with van der Waals surface area (Å²) < 4.78 is 38.3. The van der Waals surface area contributed by atoms with E-state index in [4.69, 9.17) is 9.47 Å². The number of carbonyl (C=O) groups is 1. The number of likely N-dealkylation sites (tertiary alicyclic amines) is 1. The molecule has 0 aliphatic carbocycles. The quantitative estimate of drug-likeness (QED) is 0.867. The van der Waals surface area contributed by atoms with Gasteiger partial charge >= 0.3 is 0 Å². The van der Waals surface area contributed by atoms with E-state index >= 15 is 0 Å². The number of sulfonamides is 1. The Labute approximate surface area is 129 Å². The van der Waals surface area contributed by atoms with Crippen molar-refractivity contribution >= 4 is 15.9 Å². The van der Waals surface area contributed by atoms with Crippen LogP contribution >= 0.6 is 0 Å². The average Bonchev–Trinajstić information content (AvgIpc) is 2.95.